The number of hydrogen-bond acceptors (Lipinski definition) is 7. The quantitative estimate of drug-likeness (QED) is 0.596. The van der Waals surface area contributed by atoms with E-state index in [1.807, 2.05) is 0 Å². The van der Waals surface area contributed by atoms with Gasteiger partial charge in [0.2, 0.25) is 15.8 Å². The molecule has 0 amide bonds. The number of furan rings is 1. The van der Waals surface area contributed by atoms with Gasteiger partial charge in [-0.25, -0.2) is 8.42 Å². The molecule has 1 N–H and O–H groups in total. The Morgan fingerprint density at radius 3 is 2.67 bits per heavy atom. The number of nitrogens with zero attached hydrogens (tertiary/aromatic N) is 1. The summed E-state index contributed by atoms with van der Waals surface area (Å²) in [4.78, 5) is 12.1. The van der Waals surface area contributed by atoms with Gasteiger partial charge in [-0.3, -0.25) is 4.79 Å². The highest BCUT2D eigenvalue weighted by Crippen LogP contribution is 2.21. The van der Waals surface area contributed by atoms with Crippen LogP contribution in [0.5, 0.6) is 0 Å². The number of carbonyl (C=O) groups excluding carboxylic acids is 1. The molecule has 2 heterocycles. The number of nitrogens with one attached hydrogen (secondary N) is 1. The van der Waals surface area contributed by atoms with Crippen LogP contribution in [0.25, 0.3) is 11.5 Å². The van der Waals surface area contributed by atoms with Crippen LogP contribution in [0.3, 0.4) is 0 Å². The number of hydrogen-bond donors (Lipinski definition) is 1. The van der Waals surface area contributed by atoms with Crippen molar-refractivity contribution in [2.45, 2.75) is 24.5 Å². The molecule has 0 aliphatic heterocycles. The summed E-state index contributed by atoms with van der Waals surface area (Å²) in [7, 11) is -3.89. The van der Waals surface area contributed by atoms with Crippen molar-refractivity contribution >= 4 is 27.6 Å². The molecule has 8 nitrogen and oxygen atoms in total. The first-order chi connectivity index (χ1) is 12.8. The van der Waals surface area contributed by atoms with E-state index in [0.29, 0.717) is 22.2 Å². The molecule has 1 aromatic carbocycles. The highest BCUT2D eigenvalue weighted by molar-refractivity contribution is 7.89. The molecule has 0 saturated heterocycles. The zero-order valence-corrected chi connectivity index (χ0v) is 15.7. The molecular weight excluding hydrogens is 396 g/mol. The number of aromatic nitrogens is 1. The molecule has 2 aromatic heterocycles. The predicted octanol–water partition coefficient (Wildman–Crippen LogP) is 3.00. The smallest absolute Gasteiger partial charge is 0.324 e. The van der Waals surface area contributed by atoms with Crippen molar-refractivity contribution in [2.75, 3.05) is 0 Å². The molecule has 0 bridgehead atoms. The fourth-order valence-electron chi connectivity index (χ4n) is 2.15. The van der Waals surface area contributed by atoms with Crippen LogP contribution in [0.2, 0.25) is 5.02 Å². The first-order valence-corrected chi connectivity index (χ1v) is 9.65. The van der Waals surface area contributed by atoms with Gasteiger partial charge in [0.25, 0.3) is 0 Å². The van der Waals surface area contributed by atoms with Crippen molar-refractivity contribution in [3.63, 3.8) is 0 Å². The number of sulfonamides is 1. The zero-order valence-electron chi connectivity index (χ0n) is 14.1. The summed E-state index contributed by atoms with van der Waals surface area (Å²) in [6.45, 7) is 1.21. The summed E-state index contributed by atoms with van der Waals surface area (Å²) in [6, 6.07) is 9.44. The molecule has 27 heavy (non-hydrogen) atoms. The normalized spacial score (nSPS) is 12.7. The SMILES string of the molecule is C[C@@H](NS(=O)(=O)c1ccc(Cl)cc1)C(=O)OCc1cc(-c2ccco2)on1. The van der Waals surface area contributed by atoms with E-state index in [1.54, 1.807) is 18.2 Å². The molecular formula is C17H15ClN2O6S. The van der Waals surface area contributed by atoms with E-state index >= 15 is 0 Å². The van der Waals surface area contributed by atoms with Crippen molar-refractivity contribution in [3.05, 3.63) is 59.4 Å². The van der Waals surface area contributed by atoms with Crippen molar-refractivity contribution in [3.8, 4) is 11.5 Å². The van der Waals surface area contributed by atoms with Gasteiger partial charge >= 0.3 is 5.97 Å². The third-order valence-electron chi connectivity index (χ3n) is 3.49. The zero-order chi connectivity index (χ0) is 19.4. The number of halogens is 1. The van der Waals surface area contributed by atoms with E-state index in [9.17, 15) is 13.2 Å². The van der Waals surface area contributed by atoms with E-state index in [-0.39, 0.29) is 11.5 Å². The highest BCUT2D eigenvalue weighted by atomic mass is 35.5. The van der Waals surface area contributed by atoms with Crippen molar-refractivity contribution < 1.29 is 26.9 Å². The summed E-state index contributed by atoms with van der Waals surface area (Å²) in [5, 5.41) is 4.18. The third kappa shape index (κ3) is 4.76. The summed E-state index contributed by atoms with van der Waals surface area (Å²) in [5.41, 5.74) is 0.363. The van der Waals surface area contributed by atoms with Gasteiger partial charge in [0, 0.05) is 11.1 Å². The molecule has 0 saturated carbocycles. The topological polar surface area (TPSA) is 112 Å². The standard InChI is InChI=1S/C17H15ClN2O6S/c1-11(20-27(22,23)14-6-4-12(18)5-7-14)17(21)25-10-13-9-16(26-19-13)15-3-2-8-24-15/h2-9,11,20H,10H2,1H3/t11-/m1/s1. The van der Waals surface area contributed by atoms with E-state index in [0.717, 1.165) is 0 Å². The Kier molecular flexibility index (Phi) is 5.64. The lowest BCUT2D eigenvalue weighted by molar-refractivity contribution is -0.146. The molecule has 3 aromatic rings. The van der Waals surface area contributed by atoms with Crippen LogP contribution < -0.4 is 4.72 Å². The first kappa shape index (κ1) is 19.2. The maximum Gasteiger partial charge on any atom is 0.324 e. The molecule has 3 rings (SSSR count). The van der Waals surface area contributed by atoms with E-state index < -0.39 is 22.0 Å². The number of carbonyl (C=O) groups is 1. The lowest BCUT2D eigenvalue weighted by Crippen LogP contribution is -2.39. The van der Waals surface area contributed by atoms with Crippen LogP contribution in [0.15, 0.2) is 62.6 Å². The lowest BCUT2D eigenvalue weighted by atomic mass is 10.3. The molecule has 0 spiro atoms. The van der Waals surface area contributed by atoms with Gasteiger partial charge in [0.15, 0.2) is 5.76 Å². The monoisotopic (exact) mass is 410 g/mol. The van der Waals surface area contributed by atoms with Crippen LogP contribution in [0.1, 0.15) is 12.6 Å². The molecule has 10 heteroatoms. The highest BCUT2D eigenvalue weighted by Gasteiger charge is 2.23. The Morgan fingerprint density at radius 1 is 1.26 bits per heavy atom. The van der Waals surface area contributed by atoms with Gasteiger partial charge in [-0.2, -0.15) is 4.72 Å². The fourth-order valence-corrected chi connectivity index (χ4v) is 3.47. The van der Waals surface area contributed by atoms with Crippen LogP contribution in [-0.4, -0.2) is 25.6 Å². The minimum absolute atomic E-state index is 0.00820. The Morgan fingerprint density at radius 2 is 2.00 bits per heavy atom. The second-order valence-electron chi connectivity index (χ2n) is 5.56. The van der Waals surface area contributed by atoms with Gasteiger partial charge in [0.05, 0.1) is 11.2 Å². The summed E-state index contributed by atoms with van der Waals surface area (Å²) in [5.74, 6) is 0.127. The van der Waals surface area contributed by atoms with Crippen LogP contribution in [-0.2, 0) is 26.2 Å². The Hall–Kier alpha value is -2.62. The number of benzene rings is 1. The second-order valence-corrected chi connectivity index (χ2v) is 7.71. The van der Waals surface area contributed by atoms with Crippen molar-refractivity contribution in [1.29, 1.82) is 0 Å². The Labute approximate surface area is 160 Å². The van der Waals surface area contributed by atoms with Gasteiger partial charge in [0.1, 0.15) is 18.3 Å². The molecule has 0 fully saturated rings. The maximum absolute atomic E-state index is 12.3. The van der Waals surface area contributed by atoms with Crippen LogP contribution in [0, 0.1) is 0 Å². The number of rotatable bonds is 7. The largest absolute Gasteiger partial charge is 0.461 e. The summed E-state index contributed by atoms with van der Waals surface area (Å²) < 4.78 is 42.1. The van der Waals surface area contributed by atoms with Gasteiger partial charge in [-0.05, 0) is 43.3 Å². The van der Waals surface area contributed by atoms with Crippen LogP contribution >= 0.6 is 11.6 Å². The summed E-state index contributed by atoms with van der Waals surface area (Å²) in [6.07, 6.45) is 1.49. The lowest BCUT2D eigenvalue weighted by Gasteiger charge is -2.13. The minimum Gasteiger partial charge on any atom is -0.461 e. The Bertz CT molecular complexity index is 1010. The number of ether oxygens (including phenoxy) is 1. The van der Waals surface area contributed by atoms with Gasteiger partial charge in [-0.1, -0.05) is 16.8 Å². The van der Waals surface area contributed by atoms with Gasteiger partial charge < -0.3 is 13.7 Å². The molecule has 0 radical (unpaired) electrons. The molecule has 0 aliphatic rings. The summed E-state index contributed by atoms with van der Waals surface area (Å²) >= 11 is 5.74. The maximum atomic E-state index is 12.3. The average molecular weight is 411 g/mol. The van der Waals surface area contributed by atoms with Gasteiger partial charge in [-0.15, -0.1) is 0 Å². The number of esters is 1. The van der Waals surface area contributed by atoms with Crippen molar-refractivity contribution in [2.24, 2.45) is 0 Å². The fraction of sp³-hybridized carbons (Fsp3) is 0.176. The molecule has 1 atom stereocenters. The molecule has 142 valence electrons. The second kappa shape index (κ2) is 7.95. The molecule has 0 unspecified atom stereocenters. The van der Waals surface area contributed by atoms with E-state index in [4.69, 9.17) is 25.3 Å². The molecule has 0 aliphatic carbocycles. The van der Waals surface area contributed by atoms with E-state index in [2.05, 4.69) is 9.88 Å². The predicted molar refractivity (Wildman–Crippen MR) is 95.2 cm³/mol. The van der Waals surface area contributed by atoms with E-state index in [1.165, 1.54) is 37.5 Å². The third-order valence-corrected chi connectivity index (χ3v) is 5.30. The van der Waals surface area contributed by atoms with Crippen molar-refractivity contribution in [1.82, 2.24) is 9.88 Å². The van der Waals surface area contributed by atoms with Crippen LogP contribution in [0.4, 0.5) is 0 Å². The average Bonchev–Trinajstić information content (AvgIpc) is 3.31. The first-order valence-electron chi connectivity index (χ1n) is 7.79. The Balaban J connectivity index is 1.57. The minimum atomic E-state index is -3.89.